The minimum absolute atomic E-state index is 0.185. The Labute approximate surface area is 214 Å². The number of piperidine rings is 1. The fourth-order valence-corrected chi connectivity index (χ4v) is 3.95. The summed E-state index contributed by atoms with van der Waals surface area (Å²) >= 11 is 0. The van der Waals surface area contributed by atoms with Crippen LogP contribution in [0.3, 0.4) is 0 Å². The van der Waals surface area contributed by atoms with Gasteiger partial charge in [-0.05, 0) is 86.7 Å². The smallest absolute Gasteiger partial charge is 0.490 e. The van der Waals surface area contributed by atoms with E-state index in [-0.39, 0.29) is 5.82 Å². The Morgan fingerprint density at radius 3 is 2.30 bits per heavy atom. The predicted molar refractivity (Wildman–Crippen MR) is 132 cm³/mol. The minimum atomic E-state index is -5.08. The molecule has 202 valence electrons. The molecule has 0 aromatic heterocycles. The zero-order chi connectivity index (χ0) is 27.0. The fourth-order valence-electron chi connectivity index (χ4n) is 3.95. The highest BCUT2D eigenvalue weighted by atomic mass is 19.4. The van der Waals surface area contributed by atoms with E-state index < -0.39 is 12.1 Å². The van der Waals surface area contributed by atoms with Crippen molar-refractivity contribution >= 4 is 5.97 Å². The van der Waals surface area contributed by atoms with Crippen molar-refractivity contribution in [3.8, 4) is 5.75 Å². The van der Waals surface area contributed by atoms with Gasteiger partial charge in [0.25, 0.3) is 0 Å². The third-order valence-corrected chi connectivity index (χ3v) is 6.23. The lowest BCUT2D eigenvalue weighted by Crippen LogP contribution is -2.44. The Morgan fingerprint density at radius 2 is 1.76 bits per heavy atom. The van der Waals surface area contributed by atoms with Crippen molar-refractivity contribution in [1.29, 1.82) is 0 Å². The molecule has 2 aromatic carbocycles. The predicted octanol–water partition coefficient (Wildman–Crippen LogP) is 5.12. The van der Waals surface area contributed by atoms with Gasteiger partial charge in [0, 0.05) is 19.1 Å². The molecule has 37 heavy (non-hydrogen) atoms. The lowest BCUT2D eigenvalue weighted by atomic mass is 10.0. The van der Waals surface area contributed by atoms with Crippen LogP contribution in [0.5, 0.6) is 5.75 Å². The van der Waals surface area contributed by atoms with E-state index in [1.165, 1.54) is 18.4 Å². The SMILES string of the molecule is C=C(NCc1ccc(OC2CC2)cc1)N(Cc1ccc(F)cc1C)C1CCNCC1.O=C(O)C(F)(F)F. The summed E-state index contributed by atoms with van der Waals surface area (Å²) in [7, 11) is 0. The molecule has 10 heteroatoms. The number of aryl methyl sites for hydroxylation is 1. The zero-order valence-electron chi connectivity index (χ0n) is 20.8. The van der Waals surface area contributed by atoms with E-state index >= 15 is 0 Å². The molecule has 1 aliphatic heterocycles. The third kappa shape index (κ3) is 9.27. The van der Waals surface area contributed by atoms with Crippen LogP contribution in [0.1, 0.15) is 42.4 Å². The first-order chi connectivity index (χ1) is 17.5. The van der Waals surface area contributed by atoms with Gasteiger partial charge >= 0.3 is 12.1 Å². The Balaban J connectivity index is 0.000000479. The molecule has 0 bridgehead atoms. The summed E-state index contributed by atoms with van der Waals surface area (Å²) in [5, 5.41) is 14.1. The first kappa shape index (κ1) is 28.3. The number of halogens is 4. The maximum atomic E-state index is 13.5. The van der Waals surface area contributed by atoms with Crippen molar-refractivity contribution in [2.75, 3.05) is 13.1 Å². The van der Waals surface area contributed by atoms with Crippen LogP contribution in [0.4, 0.5) is 17.6 Å². The standard InChI is InChI=1S/C25H32FN3O.C2HF3O2/c1-18-15-22(26)6-5-21(18)17-29(23-11-13-27-14-12-23)19(2)28-16-20-3-7-24(8-4-20)30-25-9-10-25;3-2(4,5)1(6)7/h3-8,15,23,25,27-28H,2,9-14,16-17H2,1H3;(H,6,7). The maximum Gasteiger partial charge on any atom is 0.490 e. The number of hydrogen-bond donors (Lipinski definition) is 3. The third-order valence-electron chi connectivity index (χ3n) is 6.23. The number of ether oxygens (including phenoxy) is 1. The largest absolute Gasteiger partial charge is 0.490 e. The number of benzene rings is 2. The summed E-state index contributed by atoms with van der Waals surface area (Å²) < 4.78 is 51.1. The van der Waals surface area contributed by atoms with Crippen molar-refractivity contribution < 1.29 is 32.2 Å². The number of hydrogen-bond acceptors (Lipinski definition) is 5. The second kappa shape index (κ2) is 12.8. The van der Waals surface area contributed by atoms with E-state index in [0.717, 1.165) is 55.2 Å². The van der Waals surface area contributed by atoms with E-state index in [2.05, 4.69) is 34.2 Å². The molecule has 1 saturated heterocycles. The summed E-state index contributed by atoms with van der Waals surface area (Å²) in [5.74, 6) is -1.07. The van der Waals surface area contributed by atoms with Crippen LogP contribution < -0.4 is 15.4 Å². The van der Waals surface area contributed by atoms with Crippen molar-refractivity contribution in [3.05, 3.63) is 77.4 Å². The first-order valence-electron chi connectivity index (χ1n) is 12.2. The molecule has 2 aliphatic rings. The van der Waals surface area contributed by atoms with E-state index in [0.29, 0.717) is 18.7 Å². The average molecular weight is 524 g/mol. The topological polar surface area (TPSA) is 73.8 Å². The first-order valence-corrected chi connectivity index (χ1v) is 12.2. The number of aliphatic carboxylic acids is 1. The molecular formula is C27H33F4N3O3. The molecule has 0 amide bonds. The van der Waals surface area contributed by atoms with Gasteiger partial charge in [-0.25, -0.2) is 9.18 Å². The fraction of sp³-hybridized carbons (Fsp3) is 0.444. The van der Waals surface area contributed by atoms with E-state index in [9.17, 15) is 17.6 Å². The number of carboxylic acids is 1. The molecular weight excluding hydrogens is 490 g/mol. The molecule has 0 radical (unpaired) electrons. The lowest BCUT2D eigenvalue weighted by Gasteiger charge is -2.38. The van der Waals surface area contributed by atoms with Gasteiger partial charge in [-0.3, -0.25) is 0 Å². The summed E-state index contributed by atoms with van der Waals surface area (Å²) in [6, 6.07) is 13.8. The van der Waals surface area contributed by atoms with Crippen molar-refractivity contribution in [3.63, 3.8) is 0 Å². The van der Waals surface area contributed by atoms with E-state index in [4.69, 9.17) is 14.6 Å². The van der Waals surface area contributed by atoms with Gasteiger partial charge in [0.15, 0.2) is 0 Å². The highest BCUT2D eigenvalue weighted by molar-refractivity contribution is 5.73. The van der Waals surface area contributed by atoms with E-state index in [1.54, 1.807) is 12.1 Å². The van der Waals surface area contributed by atoms with Gasteiger partial charge < -0.3 is 25.4 Å². The van der Waals surface area contributed by atoms with Crippen LogP contribution >= 0.6 is 0 Å². The number of nitrogens with zero attached hydrogens (tertiary/aromatic N) is 1. The summed E-state index contributed by atoms with van der Waals surface area (Å²) in [6.07, 6.45) is -0.170. The van der Waals surface area contributed by atoms with Crippen molar-refractivity contribution in [2.24, 2.45) is 0 Å². The van der Waals surface area contributed by atoms with Gasteiger partial charge in [-0.1, -0.05) is 24.8 Å². The minimum Gasteiger partial charge on any atom is -0.490 e. The summed E-state index contributed by atoms with van der Waals surface area (Å²) in [6.45, 7) is 9.80. The van der Waals surface area contributed by atoms with Gasteiger partial charge in [-0.2, -0.15) is 13.2 Å². The Morgan fingerprint density at radius 1 is 1.14 bits per heavy atom. The second-order valence-corrected chi connectivity index (χ2v) is 9.24. The van der Waals surface area contributed by atoms with Crippen molar-refractivity contribution in [1.82, 2.24) is 15.5 Å². The van der Waals surface area contributed by atoms with Crippen LogP contribution in [0.2, 0.25) is 0 Å². The normalized spacial score (nSPS) is 15.8. The number of carbonyl (C=O) groups is 1. The average Bonchev–Trinajstić information content (AvgIpc) is 3.67. The van der Waals surface area contributed by atoms with Gasteiger partial charge in [0.1, 0.15) is 11.6 Å². The molecule has 4 rings (SSSR count). The molecule has 2 aromatic rings. The molecule has 1 heterocycles. The summed E-state index contributed by atoms with van der Waals surface area (Å²) in [4.78, 5) is 11.2. The molecule has 2 fully saturated rings. The Hall–Kier alpha value is -3.27. The second-order valence-electron chi connectivity index (χ2n) is 9.24. The maximum absolute atomic E-state index is 13.5. The number of rotatable bonds is 9. The van der Waals surface area contributed by atoms with Crippen LogP contribution in [0.25, 0.3) is 0 Å². The molecule has 0 spiro atoms. The summed E-state index contributed by atoms with van der Waals surface area (Å²) in [5.41, 5.74) is 3.31. The molecule has 0 atom stereocenters. The van der Waals surface area contributed by atoms with Crippen molar-refractivity contribution in [2.45, 2.75) is 64.0 Å². The Bertz CT molecular complexity index is 1050. The lowest BCUT2D eigenvalue weighted by molar-refractivity contribution is -0.192. The zero-order valence-corrected chi connectivity index (χ0v) is 20.8. The van der Waals surface area contributed by atoms with Gasteiger partial charge in [0.2, 0.25) is 0 Å². The number of carboxylic acid groups (broad SMARTS) is 1. The van der Waals surface area contributed by atoms with Crippen LogP contribution in [0.15, 0.2) is 54.9 Å². The molecule has 3 N–H and O–H groups in total. The number of nitrogens with one attached hydrogen (secondary N) is 2. The molecule has 6 nitrogen and oxygen atoms in total. The molecule has 1 saturated carbocycles. The quantitative estimate of drug-likeness (QED) is 0.396. The molecule has 1 aliphatic carbocycles. The van der Waals surface area contributed by atoms with Gasteiger partial charge in [-0.15, -0.1) is 0 Å². The monoisotopic (exact) mass is 523 g/mol. The van der Waals surface area contributed by atoms with Gasteiger partial charge in [0.05, 0.1) is 11.9 Å². The number of alkyl halides is 3. The highest BCUT2D eigenvalue weighted by Crippen LogP contribution is 2.27. The Kier molecular flexibility index (Phi) is 9.79. The van der Waals surface area contributed by atoms with Crippen LogP contribution in [-0.2, 0) is 17.9 Å². The van der Waals surface area contributed by atoms with Crippen LogP contribution in [0, 0.1) is 12.7 Å². The van der Waals surface area contributed by atoms with Crippen LogP contribution in [-0.4, -0.2) is 47.4 Å². The highest BCUT2D eigenvalue weighted by Gasteiger charge is 2.38. The van der Waals surface area contributed by atoms with E-state index in [1.807, 2.05) is 25.1 Å². The molecule has 0 unspecified atom stereocenters.